The summed E-state index contributed by atoms with van der Waals surface area (Å²) in [5.41, 5.74) is 8.32. The van der Waals surface area contributed by atoms with Gasteiger partial charge in [0.2, 0.25) is 11.8 Å². The average Bonchev–Trinajstić information content (AvgIpc) is 3.54. The summed E-state index contributed by atoms with van der Waals surface area (Å²) < 4.78 is 6.30. The molecule has 2 N–H and O–H groups in total. The van der Waals surface area contributed by atoms with Crippen molar-refractivity contribution in [3.63, 3.8) is 0 Å². The van der Waals surface area contributed by atoms with Gasteiger partial charge >= 0.3 is 0 Å². The Balaban J connectivity index is 0.764. The third-order valence-electron chi connectivity index (χ3n) is 13.4. The van der Waals surface area contributed by atoms with Gasteiger partial charge in [0.05, 0.1) is 6.61 Å². The Bertz CT molecular complexity index is 2090. The van der Waals surface area contributed by atoms with Gasteiger partial charge in [0.25, 0.3) is 5.91 Å². The zero-order valence-corrected chi connectivity index (χ0v) is 32.1. The first kappa shape index (κ1) is 36.5. The highest BCUT2D eigenvalue weighted by Crippen LogP contribution is 2.47. The van der Waals surface area contributed by atoms with Crippen LogP contribution in [0.3, 0.4) is 0 Å². The molecular weight excluding hydrogens is 701 g/mol. The van der Waals surface area contributed by atoms with E-state index >= 15 is 0 Å². The van der Waals surface area contributed by atoms with Crippen molar-refractivity contribution in [2.75, 3.05) is 44.2 Å². The predicted molar refractivity (Wildman–Crippen MR) is 216 cm³/mol. The van der Waals surface area contributed by atoms with E-state index in [1.165, 1.54) is 35.1 Å². The fourth-order valence-corrected chi connectivity index (χ4v) is 10.4. The van der Waals surface area contributed by atoms with E-state index in [4.69, 9.17) is 4.74 Å². The molecule has 4 aliphatic heterocycles. The maximum Gasteiger partial charge on any atom is 0.255 e. The molecule has 5 aliphatic rings. The zero-order chi connectivity index (χ0) is 38.2. The van der Waals surface area contributed by atoms with Gasteiger partial charge in [-0.1, -0.05) is 48.5 Å². The van der Waals surface area contributed by atoms with Gasteiger partial charge in [-0.05, 0) is 140 Å². The second-order valence-corrected chi connectivity index (χ2v) is 16.8. The van der Waals surface area contributed by atoms with Gasteiger partial charge in [0.1, 0.15) is 17.5 Å². The zero-order valence-electron chi connectivity index (χ0n) is 32.1. The molecule has 56 heavy (non-hydrogen) atoms. The SMILES string of the molecule is O=C1CCC(N2Cc3cc(N4CCC5(CCCN(CCCOc6ccc(C7c8ccc(O)cc8CCC7c7ccccc7)cc6)C5)CC4)ccc3C2=O)C(=O)N1. The Morgan fingerprint density at radius 2 is 1.62 bits per heavy atom. The number of hydrogen-bond donors (Lipinski definition) is 2. The van der Waals surface area contributed by atoms with Crippen molar-refractivity contribution < 1.29 is 24.2 Å². The quantitative estimate of drug-likeness (QED) is 0.138. The third-order valence-corrected chi connectivity index (χ3v) is 13.4. The molecular formula is C47H52N4O5. The molecule has 3 unspecified atom stereocenters. The minimum absolute atomic E-state index is 0.120. The first-order chi connectivity index (χ1) is 27.3. The van der Waals surface area contributed by atoms with Crippen LogP contribution in [0.15, 0.2) is 91.0 Å². The van der Waals surface area contributed by atoms with E-state index in [-0.39, 0.29) is 30.1 Å². The minimum atomic E-state index is -0.588. The number of fused-ring (bicyclic) bond motifs is 2. The highest BCUT2D eigenvalue weighted by atomic mass is 16.5. The van der Waals surface area contributed by atoms with Gasteiger partial charge in [-0.3, -0.25) is 19.7 Å². The van der Waals surface area contributed by atoms with Crippen molar-refractivity contribution in [1.82, 2.24) is 15.1 Å². The highest BCUT2D eigenvalue weighted by molar-refractivity contribution is 6.05. The van der Waals surface area contributed by atoms with Crippen molar-refractivity contribution in [2.24, 2.45) is 5.41 Å². The Morgan fingerprint density at radius 1 is 0.804 bits per heavy atom. The lowest BCUT2D eigenvalue weighted by Crippen LogP contribution is -2.52. The molecule has 4 heterocycles. The lowest BCUT2D eigenvalue weighted by molar-refractivity contribution is -0.136. The number of aryl methyl sites for hydroxylation is 1. The van der Waals surface area contributed by atoms with E-state index < -0.39 is 6.04 Å². The number of rotatable bonds is 9. The molecule has 0 aromatic heterocycles. The number of ether oxygens (including phenoxy) is 1. The van der Waals surface area contributed by atoms with Gasteiger partial charge in [-0.15, -0.1) is 0 Å². The number of amides is 3. The summed E-state index contributed by atoms with van der Waals surface area (Å²) in [6.45, 7) is 6.42. The van der Waals surface area contributed by atoms with E-state index in [1.807, 2.05) is 18.2 Å². The number of phenolic OH excluding ortho intramolecular Hbond substituents is 1. The van der Waals surface area contributed by atoms with Gasteiger partial charge in [-0.25, -0.2) is 0 Å². The van der Waals surface area contributed by atoms with Gasteiger partial charge in [0.15, 0.2) is 0 Å². The van der Waals surface area contributed by atoms with Crippen LogP contribution in [0, 0.1) is 5.41 Å². The topological polar surface area (TPSA) is 102 Å². The number of hydrogen-bond acceptors (Lipinski definition) is 7. The summed E-state index contributed by atoms with van der Waals surface area (Å²) in [7, 11) is 0. The number of carbonyl (C=O) groups excluding carboxylic acids is 3. The van der Waals surface area contributed by atoms with Crippen LogP contribution in [0.2, 0.25) is 0 Å². The number of piperidine rings is 3. The number of benzene rings is 4. The number of phenols is 1. The van der Waals surface area contributed by atoms with E-state index in [0.29, 0.717) is 42.2 Å². The molecule has 3 fully saturated rings. The molecule has 9 rings (SSSR count). The third kappa shape index (κ3) is 7.29. The van der Waals surface area contributed by atoms with Crippen LogP contribution in [0.4, 0.5) is 5.69 Å². The van der Waals surface area contributed by atoms with Crippen molar-refractivity contribution in [1.29, 1.82) is 0 Å². The van der Waals surface area contributed by atoms with Gasteiger partial charge < -0.3 is 24.5 Å². The lowest BCUT2D eigenvalue weighted by Gasteiger charge is -2.48. The number of nitrogens with one attached hydrogen (secondary N) is 1. The molecule has 4 aromatic rings. The molecule has 9 nitrogen and oxygen atoms in total. The Morgan fingerprint density at radius 3 is 2.43 bits per heavy atom. The molecule has 9 heteroatoms. The van der Waals surface area contributed by atoms with Crippen LogP contribution in [-0.2, 0) is 22.6 Å². The van der Waals surface area contributed by atoms with Crippen LogP contribution < -0.4 is 15.0 Å². The van der Waals surface area contributed by atoms with Crippen molar-refractivity contribution in [3.8, 4) is 11.5 Å². The number of imide groups is 1. The van der Waals surface area contributed by atoms with Crippen LogP contribution in [0.1, 0.15) is 101 Å². The summed E-state index contributed by atoms with van der Waals surface area (Å²) >= 11 is 0. The number of nitrogens with zero attached hydrogens (tertiary/aromatic N) is 3. The van der Waals surface area contributed by atoms with Gasteiger partial charge in [0, 0.05) is 56.3 Å². The standard InChI is InChI=1S/C47H52N4O5/c52-37-12-17-40-34(29-37)10-15-39(32-6-2-1-3-7-32)44(40)33-8-13-38(14-9-33)56-27-5-24-49-23-4-20-47(31-49)21-25-50(26-22-47)36-11-16-41-35(28-36)30-51(46(41)55)42-18-19-43(53)48-45(42)54/h1-3,6-9,11-14,16-17,28-29,39,42,44,52H,4-5,10,15,18-27,30-31H2,(H,48,53,54). The monoisotopic (exact) mass is 752 g/mol. The molecule has 1 spiro atoms. The molecule has 0 radical (unpaired) electrons. The fraction of sp³-hybridized carbons (Fsp3) is 0.426. The van der Waals surface area contributed by atoms with Crippen molar-refractivity contribution in [2.45, 2.75) is 82.2 Å². The molecule has 3 amide bonds. The largest absolute Gasteiger partial charge is 0.508 e. The van der Waals surface area contributed by atoms with E-state index in [2.05, 4.69) is 87.9 Å². The number of carbonyl (C=O) groups is 3. The maximum absolute atomic E-state index is 13.2. The summed E-state index contributed by atoms with van der Waals surface area (Å²) in [4.78, 5) is 44.1. The molecule has 3 saturated heterocycles. The maximum atomic E-state index is 13.2. The summed E-state index contributed by atoms with van der Waals surface area (Å²) in [6.07, 6.45) is 8.46. The van der Waals surface area contributed by atoms with Gasteiger partial charge in [-0.2, -0.15) is 0 Å². The predicted octanol–water partition coefficient (Wildman–Crippen LogP) is 7.17. The Labute approximate surface area is 329 Å². The smallest absolute Gasteiger partial charge is 0.255 e. The number of aromatic hydroxyl groups is 1. The molecule has 1 aliphatic carbocycles. The number of likely N-dealkylation sites (tertiary alicyclic amines) is 1. The number of anilines is 1. The summed E-state index contributed by atoms with van der Waals surface area (Å²) in [6, 6.07) is 31.0. The second-order valence-electron chi connectivity index (χ2n) is 16.8. The Kier molecular flexibility index (Phi) is 10.0. The average molecular weight is 753 g/mol. The molecule has 3 atom stereocenters. The van der Waals surface area contributed by atoms with Crippen LogP contribution >= 0.6 is 0 Å². The van der Waals surface area contributed by atoms with E-state index in [1.54, 1.807) is 4.90 Å². The van der Waals surface area contributed by atoms with Crippen LogP contribution in [0.5, 0.6) is 11.5 Å². The minimum Gasteiger partial charge on any atom is -0.508 e. The molecule has 4 aromatic carbocycles. The first-order valence-electron chi connectivity index (χ1n) is 20.7. The summed E-state index contributed by atoms with van der Waals surface area (Å²) in [5, 5.41) is 12.6. The van der Waals surface area contributed by atoms with Crippen molar-refractivity contribution in [3.05, 3.63) is 124 Å². The molecule has 290 valence electrons. The van der Waals surface area contributed by atoms with Crippen molar-refractivity contribution >= 4 is 23.4 Å². The lowest BCUT2D eigenvalue weighted by atomic mass is 9.69. The highest BCUT2D eigenvalue weighted by Gasteiger charge is 2.41. The van der Waals surface area contributed by atoms with E-state index in [9.17, 15) is 19.5 Å². The van der Waals surface area contributed by atoms with Crippen LogP contribution in [0.25, 0.3) is 0 Å². The van der Waals surface area contributed by atoms with E-state index in [0.717, 1.165) is 81.8 Å². The molecule has 0 bridgehead atoms. The fourth-order valence-electron chi connectivity index (χ4n) is 10.4. The first-order valence-corrected chi connectivity index (χ1v) is 20.7. The van der Waals surface area contributed by atoms with Crippen LogP contribution in [-0.4, -0.2) is 78.0 Å². The molecule has 0 saturated carbocycles. The Hall–Kier alpha value is -5.15. The second kappa shape index (κ2) is 15.4. The normalized spacial score (nSPS) is 23.5. The summed E-state index contributed by atoms with van der Waals surface area (Å²) in [5.74, 6) is 1.10.